The van der Waals surface area contributed by atoms with Crippen LogP contribution < -0.4 is 5.73 Å². The molecule has 0 spiro atoms. The molecule has 0 aliphatic rings. The third-order valence-corrected chi connectivity index (χ3v) is 3.34. The lowest BCUT2D eigenvalue weighted by Crippen LogP contribution is -1.91. The molecule has 3 aromatic rings. The van der Waals surface area contributed by atoms with Crippen LogP contribution >= 0.6 is 23.2 Å². The van der Waals surface area contributed by atoms with Gasteiger partial charge in [0.25, 0.3) is 5.89 Å². The van der Waals surface area contributed by atoms with Crippen molar-refractivity contribution in [2.24, 2.45) is 0 Å². The van der Waals surface area contributed by atoms with Crippen molar-refractivity contribution in [1.29, 1.82) is 0 Å². The lowest BCUT2D eigenvalue weighted by atomic mass is 10.1. The van der Waals surface area contributed by atoms with Crippen LogP contribution in [0.1, 0.15) is 11.4 Å². The van der Waals surface area contributed by atoms with Crippen LogP contribution in [0.4, 0.5) is 5.69 Å². The second-order valence-electron chi connectivity index (χ2n) is 4.60. The average Bonchev–Trinajstić information content (AvgIpc) is 2.86. The average molecular weight is 320 g/mol. The summed E-state index contributed by atoms with van der Waals surface area (Å²) in [4.78, 5) is 4.35. The van der Waals surface area contributed by atoms with Crippen LogP contribution in [0.5, 0.6) is 0 Å². The third kappa shape index (κ3) is 3.35. The highest BCUT2D eigenvalue weighted by atomic mass is 35.5. The maximum atomic E-state index is 5.97. The first-order valence-electron chi connectivity index (χ1n) is 6.23. The third-order valence-electron chi connectivity index (χ3n) is 2.89. The number of nitrogens with zero attached hydrogens (tertiary/aromatic N) is 2. The molecule has 0 fully saturated rings. The van der Waals surface area contributed by atoms with E-state index in [9.17, 15) is 0 Å². The van der Waals surface area contributed by atoms with Crippen molar-refractivity contribution in [2.45, 2.75) is 6.42 Å². The van der Waals surface area contributed by atoms with E-state index in [0.29, 0.717) is 39.4 Å². The molecule has 2 aromatic carbocycles. The van der Waals surface area contributed by atoms with Crippen molar-refractivity contribution in [1.82, 2.24) is 10.1 Å². The molecule has 0 bridgehead atoms. The Kier molecular flexibility index (Phi) is 3.82. The highest BCUT2D eigenvalue weighted by Crippen LogP contribution is 2.25. The zero-order valence-corrected chi connectivity index (χ0v) is 12.4. The first-order valence-corrected chi connectivity index (χ1v) is 6.99. The topological polar surface area (TPSA) is 64.9 Å². The van der Waals surface area contributed by atoms with E-state index in [2.05, 4.69) is 10.1 Å². The normalized spacial score (nSPS) is 10.8. The SMILES string of the molecule is Nc1cc(Cl)cc(-c2nc(Cc3cccc(Cl)c3)no2)c1. The van der Waals surface area contributed by atoms with E-state index in [1.807, 2.05) is 24.3 Å². The van der Waals surface area contributed by atoms with Crippen LogP contribution in [0.15, 0.2) is 47.0 Å². The number of nitrogens with two attached hydrogens (primary N) is 1. The molecule has 1 aromatic heterocycles. The summed E-state index contributed by atoms with van der Waals surface area (Å²) in [6.07, 6.45) is 0.542. The maximum absolute atomic E-state index is 5.97. The number of nitrogen functional groups attached to an aromatic ring is 1. The molecule has 0 amide bonds. The van der Waals surface area contributed by atoms with Crippen molar-refractivity contribution in [3.8, 4) is 11.5 Å². The summed E-state index contributed by atoms with van der Waals surface area (Å²) in [6.45, 7) is 0. The van der Waals surface area contributed by atoms with E-state index in [4.69, 9.17) is 33.5 Å². The maximum Gasteiger partial charge on any atom is 0.258 e. The van der Waals surface area contributed by atoms with Crippen molar-refractivity contribution >= 4 is 28.9 Å². The summed E-state index contributed by atoms with van der Waals surface area (Å²) >= 11 is 11.9. The van der Waals surface area contributed by atoms with Crippen LogP contribution in [0.3, 0.4) is 0 Å². The lowest BCUT2D eigenvalue weighted by molar-refractivity contribution is 0.424. The molecule has 0 atom stereocenters. The standard InChI is InChI=1S/C15H11Cl2N3O/c16-11-3-1-2-9(4-11)5-14-19-15(21-20-14)10-6-12(17)8-13(18)7-10/h1-4,6-8H,5,18H2. The zero-order valence-electron chi connectivity index (χ0n) is 10.9. The molecule has 1 heterocycles. The molecule has 0 saturated carbocycles. The van der Waals surface area contributed by atoms with Crippen LogP contribution in [0, 0.1) is 0 Å². The van der Waals surface area contributed by atoms with E-state index in [0.717, 1.165) is 5.56 Å². The Hall–Kier alpha value is -2.04. The molecule has 6 heteroatoms. The van der Waals surface area contributed by atoms with Crippen molar-refractivity contribution in [3.63, 3.8) is 0 Å². The molecule has 0 aliphatic carbocycles. The van der Waals surface area contributed by atoms with E-state index in [1.54, 1.807) is 18.2 Å². The molecular weight excluding hydrogens is 309 g/mol. The fourth-order valence-corrected chi connectivity index (χ4v) is 2.46. The number of hydrogen-bond donors (Lipinski definition) is 1. The van der Waals surface area contributed by atoms with Gasteiger partial charge in [0.15, 0.2) is 5.82 Å². The Morgan fingerprint density at radius 2 is 1.90 bits per heavy atom. The summed E-state index contributed by atoms with van der Waals surface area (Å²) in [5.41, 5.74) is 8.02. The molecular formula is C15H11Cl2N3O. The Bertz CT molecular complexity index is 766. The van der Waals surface area contributed by atoms with Gasteiger partial charge in [-0.25, -0.2) is 0 Å². The summed E-state index contributed by atoms with van der Waals surface area (Å²) < 4.78 is 5.25. The van der Waals surface area contributed by atoms with Crippen molar-refractivity contribution < 1.29 is 4.52 Å². The predicted molar refractivity (Wildman–Crippen MR) is 83.4 cm³/mol. The van der Waals surface area contributed by atoms with Crippen LogP contribution in [0.25, 0.3) is 11.5 Å². The van der Waals surface area contributed by atoms with Crippen LogP contribution in [-0.2, 0) is 6.42 Å². The summed E-state index contributed by atoms with van der Waals surface area (Å²) in [7, 11) is 0. The van der Waals surface area contributed by atoms with E-state index >= 15 is 0 Å². The van der Waals surface area contributed by atoms with E-state index < -0.39 is 0 Å². The highest BCUT2D eigenvalue weighted by molar-refractivity contribution is 6.31. The molecule has 21 heavy (non-hydrogen) atoms. The van der Waals surface area contributed by atoms with Gasteiger partial charge >= 0.3 is 0 Å². The molecule has 0 saturated heterocycles. The van der Waals surface area contributed by atoms with Crippen LogP contribution in [-0.4, -0.2) is 10.1 Å². The molecule has 3 rings (SSSR count). The summed E-state index contributed by atoms with van der Waals surface area (Å²) in [5.74, 6) is 0.965. The Morgan fingerprint density at radius 3 is 2.67 bits per heavy atom. The number of rotatable bonds is 3. The minimum atomic E-state index is 0.390. The first-order chi connectivity index (χ1) is 10.1. The Labute approximate surface area is 131 Å². The Balaban J connectivity index is 1.86. The second kappa shape index (κ2) is 5.76. The molecule has 106 valence electrons. The van der Waals surface area contributed by atoms with Gasteiger partial charge < -0.3 is 10.3 Å². The fourth-order valence-electron chi connectivity index (χ4n) is 2.01. The zero-order chi connectivity index (χ0) is 14.8. The molecule has 0 unspecified atom stereocenters. The number of hydrogen-bond acceptors (Lipinski definition) is 4. The minimum absolute atomic E-state index is 0.390. The van der Waals surface area contributed by atoms with Crippen LogP contribution in [0.2, 0.25) is 10.0 Å². The van der Waals surface area contributed by atoms with Gasteiger partial charge in [-0.3, -0.25) is 0 Å². The largest absolute Gasteiger partial charge is 0.399 e. The van der Waals surface area contributed by atoms with Gasteiger partial charge in [0.05, 0.1) is 0 Å². The molecule has 2 N–H and O–H groups in total. The summed E-state index contributed by atoms with van der Waals surface area (Å²) in [5, 5.41) is 5.17. The highest BCUT2D eigenvalue weighted by Gasteiger charge is 2.11. The summed E-state index contributed by atoms with van der Waals surface area (Å²) in [6, 6.07) is 12.7. The molecule has 4 nitrogen and oxygen atoms in total. The number of benzene rings is 2. The van der Waals surface area contributed by atoms with Gasteiger partial charge in [-0.15, -0.1) is 0 Å². The van der Waals surface area contributed by atoms with E-state index in [-0.39, 0.29) is 0 Å². The van der Waals surface area contributed by atoms with Gasteiger partial charge in [-0.2, -0.15) is 4.98 Å². The number of anilines is 1. The second-order valence-corrected chi connectivity index (χ2v) is 5.47. The number of aromatic nitrogens is 2. The predicted octanol–water partition coefficient (Wildman–Crippen LogP) is 4.22. The monoisotopic (exact) mass is 319 g/mol. The molecule has 0 aliphatic heterocycles. The van der Waals surface area contributed by atoms with Gasteiger partial charge in [0.2, 0.25) is 0 Å². The van der Waals surface area contributed by atoms with Gasteiger partial charge in [-0.1, -0.05) is 40.5 Å². The fraction of sp³-hybridized carbons (Fsp3) is 0.0667. The van der Waals surface area contributed by atoms with Gasteiger partial charge in [-0.05, 0) is 35.9 Å². The smallest absolute Gasteiger partial charge is 0.258 e. The lowest BCUT2D eigenvalue weighted by Gasteiger charge is -1.98. The van der Waals surface area contributed by atoms with Gasteiger partial charge in [0, 0.05) is 27.7 Å². The molecule has 0 radical (unpaired) electrons. The number of halogens is 2. The Morgan fingerprint density at radius 1 is 1.05 bits per heavy atom. The van der Waals surface area contributed by atoms with E-state index in [1.165, 1.54) is 0 Å². The van der Waals surface area contributed by atoms with Crippen molar-refractivity contribution in [3.05, 3.63) is 63.9 Å². The van der Waals surface area contributed by atoms with Crippen molar-refractivity contribution in [2.75, 3.05) is 5.73 Å². The van der Waals surface area contributed by atoms with Gasteiger partial charge in [0.1, 0.15) is 0 Å². The first kappa shape index (κ1) is 13.9. The quantitative estimate of drug-likeness (QED) is 0.734. The minimum Gasteiger partial charge on any atom is -0.399 e.